The number of thiophene rings is 1. The number of hydrogen-bond acceptors (Lipinski definition) is 5. The van der Waals surface area contributed by atoms with E-state index in [0.717, 1.165) is 19.5 Å². The Morgan fingerprint density at radius 1 is 1.50 bits per heavy atom. The van der Waals surface area contributed by atoms with Crippen LogP contribution in [0.1, 0.15) is 23.0 Å². The molecule has 1 aromatic heterocycles. The first-order valence-corrected chi connectivity index (χ1v) is 7.55. The van der Waals surface area contributed by atoms with Crippen LogP contribution < -0.4 is 16.6 Å². The first-order chi connectivity index (χ1) is 9.56. The highest BCUT2D eigenvalue weighted by molar-refractivity contribution is 7.12. The summed E-state index contributed by atoms with van der Waals surface area (Å²) in [6.07, 6.45) is 0.899. The molecule has 6 nitrogen and oxygen atoms in total. The van der Waals surface area contributed by atoms with Crippen LogP contribution in [0.25, 0.3) is 0 Å². The van der Waals surface area contributed by atoms with Crippen LogP contribution in [-0.2, 0) is 4.79 Å². The van der Waals surface area contributed by atoms with Crippen molar-refractivity contribution in [2.24, 2.45) is 11.7 Å². The van der Waals surface area contributed by atoms with Gasteiger partial charge in [-0.05, 0) is 23.8 Å². The Bertz CT molecular complexity index is 463. The molecule has 0 saturated carbocycles. The number of carbonyl (C=O) groups excluding carboxylic acids is 2. The van der Waals surface area contributed by atoms with E-state index in [2.05, 4.69) is 22.7 Å². The van der Waals surface area contributed by atoms with Crippen LogP contribution in [0.2, 0.25) is 0 Å². The molecule has 20 heavy (non-hydrogen) atoms. The predicted octanol–water partition coefficient (Wildman–Crippen LogP) is 0.178. The maximum absolute atomic E-state index is 11.8. The molecule has 1 aromatic rings. The number of amides is 2. The summed E-state index contributed by atoms with van der Waals surface area (Å²) in [5.41, 5.74) is 10.8. The summed E-state index contributed by atoms with van der Waals surface area (Å²) in [4.78, 5) is 26.1. The molecule has 0 aliphatic carbocycles. The molecule has 2 rings (SSSR count). The predicted molar refractivity (Wildman–Crippen MR) is 78.1 cm³/mol. The molecule has 2 heterocycles. The molecule has 1 fully saturated rings. The number of carbonyl (C=O) groups is 2. The van der Waals surface area contributed by atoms with Crippen molar-refractivity contribution in [2.75, 3.05) is 19.6 Å². The Kier molecular flexibility index (Phi) is 5.11. The minimum absolute atomic E-state index is 0.211. The van der Waals surface area contributed by atoms with Gasteiger partial charge in [0.05, 0.1) is 11.4 Å². The lowest BCUT2D eigenvalue weighted by molar-refractivity contribution is -0.123. The fourth-order valence-corrected chi connectivity index (χ4v) is 2.85. The Morgan fingerprint density at radius 3 is 2.95 bits per heavy atom. The van der Waals surface area contributed by atoms with Gasteiger partial charge in [0.25, 0.3) is 11.8 Å². The molecular formula is C13H20N4O2S. The van der Waals surface area contributed by atoms with E-state index in [0.29, 0.717) is 10.8 Å². The molecule has 110 valence electrons. The van der Waals surface area contributed by atoms with Gasteiger partial charge < -0.3 is 5.73 Å². The van der Waals surface area contributed by atoms with Crippen molar-refractivity contribution in [2.45, 2.75) is 19.4 Å². The van der Waals surface area contributed by atoms with Gasteiger partial charge in [-0.25, -0.2) is 0 Å². The summed E-state index contributed by atoms with van der Waals surface area (Å²) in [5.74, 6) is -0.114. The van der Waals surface area contributed by atoms with Gasteiger partial charge in [0.1, 0.15) is 0 Å². The number of hydrogen-bond donors (Lipinski definition) is 3. The molecule has 0 radical (unpaired) electrons. The van der Waals surface area contributed by atoms with E-state index >= 15 is 0 Å². The second-order valence-corrected chi connectivity index (χ2v) is 6.09. The smallest absolute Gasteiger partial charge is 0.279 e. The Hall–Kier alpha value is -1.44. The van der Waals surface area contributed by atoms with Crippen LogP contribution >= 0.6 is 11.3 Å². The molecule has 1 saturated heterocycles. The van der Waals surface area contributed by atoms with Gasteiger partial charge in [-0.3, -0.25) is 25.3 Å². The maximum Gasteiger partial charge on any atom is 0.279 e. The van der Waals surface area contributed by atoms with Crippen molar-refractivity contribution in [3.8, 4) is 0 Å². The lowest BCUT2D eigenvalue weighted by atomic mass is 9.95. The van der Waals surface area contributed by atoms with Crippen molar-refractivity contribution >= 4 is 23.2 Å². The highest BCUT2D eigenvalue weighted by Crippen LogP contribution is 2.14. The Balaban J connectivity index is 1.72. The van der Waals surface area contributed by atoms with Crippen molar-refractivity contribution in [3.05, 3.63) is 22.4 Å². The molecule has 2 atom stereocenters. The summed E-state index contributed by atoms with van der Waals surface area (Å²) in [7, 11) is 0. The summed E-state index contributed by atoms with van der Waals surface area (Å²) in [6, 6.07) is 3.72. The summed E-state index contributed by atoms with van der Waals surface area (Å²) in [6.45, 7) is 4.00. The fourth-order valence-electron chi connectivity index (χ4n) is 2.23. The molecule has 2 unspecified atom stereocenters. The van der Waals surface area contributed by atoms with Crippen LogP contribution in [0.15, 0.2) is 17.5 Å². The third kappa shape index (κ3) is 4.03. The third-order valence-electron chi connectivity index (χ3n) is 3.48. The van der Waals surface area contributed by atoms with E-state index in [1.54, 1.807) is 12.1 Å². The van der Waals surface area contributed by atoms with E-state index < -0.39 is 0 Å². The number of nitrogens with one attached hydrogen (secondary N) is 2. The normalized spacial score (nSPS) is 23.3. The topological polar surface area (TPSA) is 87.5 Å². The van der Waals surface area contributed by atoms with E-state index in [4.69, 9.17) is 5.73 Å². The number of nitrogens with zero attached hydrogens (tertiary/aromatic N) is 1. The second-order valence-electron chi connectivity index (χ2n) is 5.14. The second kappa shape index (κ2) is 6.83. The molecule has 0 aromatic carbocycles. The monoisotopic (exact) mass is 296 g/mol. The Labute approximate surface area is 122 Å². The zero-order valence-electron chi connectivity index (χ0n) is 11.5. The van der Waals surface area contributed by atoms with Gasteiger partial charge in [-0.15, -0.1) is 11.3 Å². The van der Waals surface area contributed by atoms with Gasteiger partial charge in [0.15, 0.2) is 0 Å². The molecule has 4 N–H and O–H groups in total. The van der Waals surface area contributed by atoms with Crippen LogP contribution in [0.5, 0.6) is 0 Å². The van der Waals surface area contributed by atoms with E-state index in [1.165, 1.54) is 11.3 Å². The van der Waals surface area contributed by atoms with Gasteiger partial charge >= 0.3 is 0 Å². The average molecular weight is 296 g/mol. The van der Waals surface area contributed by atoms with Gasteiger partial charge in [0.2, 0.25) is 0 Å². The van der Waals surface area contributed by atoms with Crippen LogP contribution in [0, 0.1) is 5.92 Å². The van der Waals surface area contributed by atoms with E-state index in [9.17, 15) is 9.59 Å². The standard InChI is InChI=1S/C13H20N4O2S/c1-9-7-17(5-4-10(9)14)8-12(18)15-16-13(19)11-3-2-6-20-11/h2-3,6,9-10H,4-5,7-8,14H2,1H3,(H,15,18)(H,16,19). The minimum atomic E-state index is -0.289. The number of hydrazine groups is 1. The van der Waals surface area contributed by atoms with E-state index in [-0.39, 0.29) is 24.4 Å². The Morgan fingerprint density at radius 2 is 2.30 bits per heavy atom. The molecule has 2 amide bonds. The average Bonchev–Trinajstić information content (AvgIpc) is 2.94. The summed E-state index contributed by atoms with van der Waals surface area (Å²) < 4.78 is 0. The van der Waals surface area contributed by atoms with E-state index in [1.807, 2.05) is 5.38 Å². The molecule has 1 aliphatic heterocycles. The SMILES string of the molecule is CC1CN(CC(=O)NNC(=O)c2cccs2)CCC1N. The van der Waals surface area contributed by atoms with Crippen LogP contribution in [-0.4, -0.2) is 42.4 Å². The highest BCUT2D eigenvalue weighted by Gasteiger charge is 2.24. The molecule has 0 bridgehead atoms. The molecular weight excluding hydrogens is 276 g/mol. The number of likely N-dealkylation sites (tertiary alicyclic amines) is 1. The third-order valence-corrected chi connectivity index (χ3v) is 4.35. The van der Waals surface area contributed by atoms with Crippen molar-refractivity contribution < 1.29 is 9.59 Å². The van der Waals surface area contributed by atoms with Crippen molar-refractivity contribution in [1.29, 1.82) is 0 Å². The van der Waals surface area contributed by atoms with Gasteiger partial charge in [-0.2, -0.15) is 0 Å². The number of nitrogens with two attached hydrogens (primary N) is 1. The lowest BCUT2D eigenvalue weighted by Crippen LogP contribution is -2.51. The molecule has 0 spiro atoms. The van der Waals surface area contributed by atoms with Crippen LogP contribution in [0.3, 0.4) is 0 Å². The summed E-state index contributed by atoms with van der Waals surface area (Å²) in [5, 5.41) is 1.81. The largest absolute Gasteiger partial charge is 0.327 e. The minimum Gasteiger partial charge on any atom is -0.327 e. The lowest BCUT2D eigenvalue weighted by Gasteiger charge is -2.34. The number of rotatable bonds is 3. The van der Waals surface area contributed by atoms with Crippen molar-refractivity contribution in [1.82, 2.24) is 15.8 Å². The molecule has 1 aliphatic rings. The highest BCUT2D eigenvalue weighted by atomic mass is 32.1. The van der Waals surface area contributed by atoms with Gasteiger partial charge in [-0.1, -0.05) is 13.0 Å². The first-order valence-electron chi connectivity index (χ1n) is 6.67. The molecule has 7 heteroatoms. The van der Waals surface area contributed by atoms with Crippen LogP contribution in [0.4, 0.5) is 0 Å². The fraction of sp³-hybridized carbons (Fsp3) is 0.538. The maximum atomic E-state index is 11.8. The zero-order chi connectivity index (χ0) is 14.5. The number of piperidine rings is 1. The zero-order valence-corrected chi connectivity index (χ0v) is 12.3. The first kappa shape index (κ1) is 15.0. The quantitative estimate of drug-likeness (QED) is 0.694. The summed E-state index contributed by atoms with van der Waals surface area (Å²) >= 11 is 1.33. The van der Waals surface area contributed by atoms with Gasteiger partial charge in [0, 0.05) is 19.1 Å². The van der Waals surface area contributed by atoms with Crippen molar-refractivity contribution in [3.63, 3.8) is 0 Å².